The molecular formula is C29H44N4O2. The molecule has 35 heavy (non-hydrogen) atoms. The lowest BCUT2D eigenvalue weighted by Gasteiger charge is -2.44. The van der Waals surface area contributed by atoms with E-state index < -0.39 is 5.66 Å². The third-order valence-electron chi connectivity index (χ3n) is 8.52. The fourth-order valence-electron chi connectivity index (χ4n) is 6.18. The normalized spacial score (nSPS) is 27.3. The van der Waals surface area contributed by atoms with Crippen molar-refractivity contribution in [2.24, 2.45) is 16.3 Å². The number of piperidine rings is 1. The number of carbonyl (C=O) groups is 2. The molecule has 1 saturated heterocycles. The number of nitrogens with zero attached hydrogens (tertiary/aromatic N) is 3. The summed E-state index contributed by atoms with van der Waals surface area (Å²) < 4.78 is 0. The van der Waals surface area contributed by atoms with Gasteiger partial charge in [-0.15, -0.1) is 0 Å². The second kappa shape index (κ2) is 10.3. The van der Waals surface area contributed by atoms with E-state index in [9.17, 15) is 9.59 Å². The molecule has 0 aromatic heterocycles. The molecule has 1 N–H and O–H groups in total. The summed E-state index contributed by atoms with van der Waals surface area (Å²) in [7, 11) is 0. The van der Waals surface area contributed by atoms with Crippen molar-refractivity contribution in [3.8, 4) is 0 Å². The second-order valence-electron chi connectivity index (χ2n) is 11.9. The molecule has 6 heteroatoms. The Morgan fingerprint density at radius 1 is 1.11 bits per heavy atom. The average Bonchev–Trinajstić information content (AvgIpc) is 3.09. The average molecular weight is 481 g/mol. The second-order valence-corrected chi connectivity index (χ2v) is 11.9. The van der Waals surface area contributed by atoms with E-state index in [0.717, 1.165) is 57.1 Å². The summed E-state index contributed by atoms with van der Waals surface area (Å²) in [4.78, 5) is 35.6. The van der Waals surface area contributed by atoms with Gasteiger partial charge in [0.15, 0.2) is 5.84 Å². The number of amidine groups is 1. The fourth-order valence-corrected chi connectivity index (χ4v) is 6.18. The van der Waals surface area contributed by atoms with Crippen molar-refractivity contribution in [2.75, 3.05) is 19.6 Å². The minimum atomic E-state index is -0.397. The highest BCUT2D eigenvalue weighted by Gasteiger charge is 2.51. The van der Waals surface area contributed by atoms with E-state index in [2.05, 4.69) is 42.8 Å². The van der Waals surface area contributed by atoms with Gasteiger partial charge in [0.05, 0.1) is 0 Å². The van der Waals surface area contributed by atoms with Gasteiger partial charge in [0.25, 0.3) is 11.8 Å². The van der Waals surface area contributed by atoms with Gasteiger partial charge in [-0.1, -0.05) is 32.9 Å². The first-order valence-corrected chi connectivity index (χ1v) is 13.7. The van der Waals surface area contributed by atoms with Gasteiger partial charge in [-0.2, -0.15) is 0 Å². The van der Waals surface area contributed by atoms with Crippen LogP contribution in [0, 0.1) is 11.3 Å². The van der Waals surface area contributed by atoms with E-state index in [4.69, 9.17) is 4.99 Å². The van der Waals surface area contributed by atoms with Gasteiger partial charge < -0.3 is 15.1 Å². The highest BCUT2D eigenvalue weighted by molar-refractivity contribution is 6.39. The molecule has 1 spiro atoms. The summed E-state index contributed by atoms with van der Waals surface area (Å²) in [6.45, 7) is 13.4. The Kier molecular flexibility index (Phi) is 7.58. The molecule has 4 rings (SSSR count). The maximum absolute atomic E-state index is 13.8. The first-order chi connectivity index (χ1) is 16.6. The van der Waals surface area contributed by atoms with Crippen LogP contribution in [0.1, 0.15) is 95.5 Å². The summed E-state index contributed by atoms with van der Waals surface area (Å²) in [5.41, 5.74) is 1.71. The minimum absolute atomic E-state index is 0.0444. The molecule has 192 valence electrons. The van der Waals surface area contributed by atoms with Gasteiger partial charge in [0, 0.05) is 31.2 Å². The molecule has 0 radical (unpaired) electrons. The Bertz CT molecular complexity index is 938. The smallest absolute Gasteiger partial charge is 0.291 e. The molecule has 1 unspecified atom stereocenters. The van der Waals surface area contributed by atoms with Crippen molar-refractivity contribution < 1.29 is 9.59 Å². The van der Waals surface area contributed by atoms with Gasteiger partial charge in [-0.05, 0) is 94.2 Å². The van der Waals surface area contributed by atoms with Crippen LogP contribution in [0.3, 0.4) is 0 Å². The summed E-state index contributed by atoms with van der Waals surface area (Å²) in [5.74, 6) is 1.45. The zero-order valence-corrected chi connectivity index (χ0v) is 22.4. The molecule has 2 fully saturated rings. The predicted molar refractivity (Wildman–Crippen MR) is 141 cm³/mol. The standard InChI is InChI=1S/C29H44N4O2/c1-6-30-26(34)23-12-10-22(11-13-23)16-20-33-27(35)25(32-19-8-7-9-21(32)2)31-29(33)17-14-24(15-18-29)28(3,4)5/h10-13,21,24H,6-9,14-20H2,1-5H3,(H,30,34). The summed E-state index contributed by atoms with van der Waals surface area (Å²) in [6, 6.07) is 8.17. The van der Waals surface area contributed by atoms with Crippen LogP contribution in [0.15, 0.2) is 29.3 Å². The molecule has 1 saturated carbocycles. The maximum atomic E-state index is 13.8. The summed E-state index contributed by atoms with van der Waals surface area (Å²) >= 11 is 0. The van der Waals surface area contributed by atoms with Crippen LogP contribution < -0.4 is 5.32 Å². The number of amides is 2. The Labute approximate surface area is 211 Å². The van der Waals surface area contributed by atoms with Crippen LogP contribution >= 0.6 is 0 Å². The Morgan fingerprint density at radius 3 is 2.40 bits per heavy atom. The zero-order valence-electron chi connectivity index (χ0n) is 22.4. The molecule has 2 amide bonds. The summed E-state index contributed by atoms with van der Waals surface area (Å²) in [5, 5.41) is 2.84. The first-order valence-electron chi connectivity index (χ1n) is 13.7. The molecule has 1 aromatic carbocycles. The number of nitrogens with one attached hydrogen (secondary N) is 1. The molecule has 2 heterocycles. The number of hydrogen-bond donors (Lipinski definition) is 1. The highest BCUT2D eigenvalue weighted by atomic mass is 16.2. The van der Waals surface area contributed by atoms with E-state index in [-0.39, 0.29) is 17.2 Å². The topological polar surface area (TPSA) is 65.0 Å². The van der Waals surface area contributed by atoms with Crippen LogP contribution in [0.25, 0.3) is 0 Å². The number of aliphatic imine (C=N–C) groups is 1. The van der Waals surface area contributed by atoms with Crippen LogP contribution in [0.4, 0.5) is 0 Å². The van der Waals surface area contributed by atoms with Crippen molar-refractivity contribution in [3.05, 3.63) is 35.4 Å². The Balaban J connectivity index is 1.52. The Hall–Kier alpha value is -2.37. The van der Waals surface area contributed by atoms with Crippen LogP contribution in [0.5, 0.6) is 0 Å². The molecule has 1 aromatic rings. The number of rotatable bonds is 5. The lowest BCUT2D eigenvalue weighted by molar-refractivity contribution is -0.130. The largest absolute Gasteiger partial charge is 0.352 e. The zero-order chi connectivity index (χ0) is 25.2. The van der Waals surface area contributed by atoms with E-state index in [1.807, 2.05) is 31.2 Å². The fraction of sp³-hybridized carbons (Fsp3) is 0.690. The van der Waals surface area contributed by atoms with E-state index >= 15 is 0 Å². The van der Waals surface area contributed by atoms with Crippen molar-refractivity contribution in [1.82, 2.24) is 15.1 Å². The van der Waals surface area contributed by atoms with Gasteiger partial charge in [0.2, 0.25) is 0 Å². The van der Waals surface area contributed by atoms with Crippen molar-refractivity contribution in [2.45, 2.75) is 97.7 Å². The third-order valence-corrected chi connectivity index (χ3v) is 8.52. The van der Waals surface area contributed by atoms with Crippen molar-refractivity contribution >= 4 is 17.6 Å². The number of likely N-dealkylation sites (tertiary alicyclic amines) is 1. The van der Waals surface area contributed by atoms with Crippen LogP contribution in [0.2, 0.25) is 0 Å². The van der Waals surface area contributed by atoms with Gasteiger partial charge in [0.1, 0.15) is 5.66 Å². The maximum Gasteiger partial charge on any atom is 0.291 e. The first kappa shape index (κ1) is 25.7. The predicted octanol–water partition coefficient (Wildman–Crippen LogP) is 5.03. The van der Waals surface area contributed by atoms with Crippen molar-refractivity contribution in [1.29, 1.82) is 0 Å². The van der Waals surface area contributed by atoms with Gasteiger partial charge >= 0.3 is 0 Å². The van der Waals surface area contributed by atoms with Crippen LogP contribution in [-0.4, -0.2) is 58.8 Å². The van der Waals surface area contributed by atoms with E-state index in [1.165, 1.54) is 6.42 Å². The van der Waals surface area contributed by atoms with Gasteiger partial charge in [-0.3, -0.25) is 9.59 Å². The molecule has 0 bridgehead atoms. The third kappa shape index (κ3) is 5.41. The monoisotopic (exact) mass is 480 g/mol. The lowest BCUT2D eigenvalue weighted by Crippen LogP contribution is -2.52. The molecule has 6 nitrogen and oxygen atoms in total. The SMILES string of the molecule is CCNC(=O)c1ccc(CCN2C(=O)C(N3CCCCC3C)=NC23CCC(C(C)(C)C)CC3)cc1. The molecular weight excluding hydrogens is 436 g/mol. The number of benzene rings is 1. The highest BCUT2D eigenvalue weighted by Crippen LogP contribution is 2.46. The van der Waals surface area contributed by atoms with E-state index in [0.29, 0.717) is 36.4 Å². The molecule has 2 aliphatic heterocycles. The Morgan fingerprint density at radius 2 is 1.80 bits per heavy atom. The number of hydrogen-bond acceptors (Lipinski definition) is 4. The molecule has 3 aliphatic rings. The quantitative estimate of drug-likeness (QED) is 0.643. The lowest BCUT2D eigenvalue weighted by atomic mass is 9.69. The summed E-state index contributed by atoms with van der Waals surface area (Å²) in [6.07, 6.45) is 8.38. The van der Waals surface area contributed by atoms with E-state index in [1.54, 1.807) is 0 Å². The molecule has 1 aliphatic carbocycles. The van der Waals surface area contributed by atoms with Crippen LogP contribution in [-0.2, 0) is 11.2 Å². The number of carbonyl (C=O) groups excluding carboxylic acids is 2. The minimum Gasteiger partial charge on any atom is -0.352 e. The molecule has 1 atom stereocenters. The van der Waals surface area contributed by atoms with Crippen molar-refractivity contribution in [3.63, 3.8) is 0 Å². The van der Waals surface area contributed by atoms with Gasteiger partial charge in [-0.25, -0.2) is 4.99 Å².